The van der Waals surface area contributed by atoms with Crippen LogP contribution in [-0.2, 0) is 0 Å². The van der Waals surface area contributed by atoms with Crippen LogP contribution in [0.5, 0.6) is 0 Å². The Hall–Kier alpha value is -2.77. The van der Waals surface area contributed by atoms with Crippen LogP contribution in [-0.4, -0.2) is 28.3 Å². The number of benzene rings is 1. The average Bonchev–Trinajstić information content (AvgIpc) is 3.10. The maximum absolute atomic E-state index is 12.1. The standard InChI is InChI=1S/C14H10N2O5/c17-11-9-3-1-2-4-10(9)12(18)14(11,20)16-15-13(19)8-5-6-21-7-8/h1-7,16,20H,(H,15,19). The first-order chi connectivity index (χ1) is 10.0. The van der Waals surface area contributed by atoms with Crippen molar-refractivity contribution in [2.24, 2.45) is 0 Å². The van der Waals surface area contributed by atoms with Gasteiger partial charge in [0, 0.05) is 11.1 Å². The second-order valence-electron chi connectivity index (χ2n) is 4.51. The fourth-order valence-corrected chi connectivity index (χ4v) is 2.10. The van der Waals surface area contributed by atoms with E-state index in [1.165, 1.54) is 30.7 Å². The molecule has 1 amide bonds. The number of amides is 1. The average molecular weight is 286 g/mol. The van der Waals surface area contributed by atoms with Crippen molar-refractivity contribution >= 4 is 17.5 Å². The molecule has 7 nitrogen and oxygen atoms in total. The summed E-state index contributed by atoms with van der Waals surface area (Å²) in [6, 6.07) is 7.44. The number of aliphatic hydroxyl groups is 1. The van der Waals surface area contributed by atoms with Gasteiger partial charge in [0.2, 0.25) is 11.6 Å². The zero-order chi connectivity index (χ0) is 15.0. The summed E-state index contributed by atoms with van der Waals surface area (Å²) < 4.78 is 4.74. The minimum atomic E-state index is -2.50. The summed E-state index contributed by atoms with van der Waals surface area (Å²) in [5.74, 6) is -2.26. The molecule has 1 aromatic heterocycles. The van der Waals surface area contributed by atoms with Crippen molar-refractivity contribution in [1.82, 2.24) is 10.9 Å². The molecule has 0 bridgehead atoms. The minimum absolute atomic E-state index is 0.107. The van der Waals surface area contributed by atoms with Gasteiger partial charge in [-0.25, -0.2) is 0 Å². The van der Waals surface area contributed by atoms with Crippen molar-refractivity contribution < 1.29 is 23.9 Å². The molecule has 1 aliphatic carbocycles. The van der Waals surface area contributed by atoms with E-state index in [1.807, 2.05) is 0 Å². The van der Waals surface area contributed by atoms with E-state index in [0.717, 1.165) is 0 Å². The van der Waals surface area contributed by atoms with Gasteiger partial charge in [0.1, 0.15) is 6.26 Å². The predicted molar refractivity (Wildman–Crippen MR) is 69.4 cm³/mol. The Morgan fingerprint density at radius 2 is 1.71 bits per heavy atom. The zero-order valence-electron chi connectivity index (χ0n) is 10.6. The fourth-order valence-electron chi connectivity index (χ4n) is 2.10. The van der Waals surface area contributed by atoms with Crippen LogP contribution in [0.25, 0.3) is 0 Å². The number of hydrogen-bond acceptors (Lipinski definition) is 6. The molecule has 1 aromatic carbocycles. The highest BCUT2D eigenvalue weighted by atomic mass is 16.3. The lowest BCUT2D eigenvalue weighted by Gasteiger charge is -2.20. The molecule has 106 valence electrons. The number of ketones is 2. The van der Waals surface area contributed by atoms with Crippen molar-refractivity contribution in [2.45, 2.75) is 5.72 Å². The molecule has 0 unspecified atom stereocenters. The number of rotatable bonds is 3. The van der Waals surface area contributed by atoms with Crippen molar-refractivity contribution in [2.75, 3.05) is 0 Å². The van der Waals surface area contributed by atoms with Crippen LogP contribution in [0.3, 0.4) is 0 Å². The Labute approximate surface area is 118 Å². The normalized spacial score (nSPS) is 15.9. The molecule has 0 fully saturated rings. The van der Waals surface area contributed by atoms with E-state index in [4.69, 9.17) is 4.42 Å². The predicted octanol–water partition coefficient (Wildman–Crippen LogP) is 0.282. The topological polar surface area (TPSA) is 109 Å². The van der Waals surface area contributed by atoms with E-state index in [1.54, 1.807) is 12.1 Å². The van der Waals surface area contributed by atoms with Gasteiger partial charge in [0.25, 0.3) is 11.6 Å². The molecule has 0 atom stereocenters. The maximum atomic E-state index is 12.1. The zero-order valence-corrected chi connectivity index (χ0v) is 10.6. The third kappa shape index (κ3) is 1.95. The molecule has 3 N–H and O–H groups in total. The molecule has 0 saturated carbocycles. The number of carbonyl (C=O) groups excluding carboxylic acids is 3. The van der Waals surface area contributed by atoms with Gasteiger partial charge in [-0.05, 0) is 6.07 Å². The third-order valence-electron chi connectivity index (χ3n) is 3.21. The van der Waals surface area contributed by atoms with E-state index in [2.05, 4.69) is 10.9 Å². The SMILES string of the molecule is O=C(NNC1(O)C(=O)c2ccccc2C1=O)c1ccoc1. The van der Waals surface area contributed by atoms with Crippen LogP contribution >= 0.6 is 0 Å². The molecule has 0 spiro atoms. The number of hydrogen-bond donors (Lipinski definition) is 3. The Morgan fingerprint density at radius 1 is 1.10 bits per heavy atom. The van der Waals surface area contributed by atoms with Gasteiger partial charge in [-0.1, -0.05) is 24.3 Å². The molecule has 1 aliphatic rings. The summed E-state index contributed by atoms with van der Waals surface area (Å²) in [5, 5.41) is 10.2. The Balaban J connectivity index is 1.81. The highest BCUT2D eigenvalue weighted by Crippen LogP contribution is 2.27. The second kappa shape index (κ2) is 4.65. The summed E-state index contributed by atoms with van der Waals surface area (Å²) in [5.41, 5.74) is 2.13. The lowest BCUT2D eigenvalue weighted by molar-refractivity contribution is 0.0138. The Morgan fingerprint density at radius 3 is 2.24 bits per heavy atom. The molecule has 3 rings (SSSR count). The van der Waals surface area contributed by atoms with E-state index in [0.29, 0.717) is 0 Å². The summed E-state index contributed by atoms with van der Waals surface area (Å²) >= 11 is 0. The Bertz CT molecular complexity index is 701. The van der Waals surface area contributed by atoms with Crippen LogP contribution in [0.2, 0.25) is 0 Å². The van der Waals surface area contributed by atoms with Gasteiger partial charge in [0.05, 0.1) is 11.8 Å². The van der Waals surface area contributed by atoms with Crippen LogP contribution in [0.4, 0.5) is 0 Å². The molecule has 2 aromatic rings. The first-order valence-electron chi connectivity index (χ1n) is 6.05. The molecule has 21 heavy (non-hydrogen) atoms. The minimum Gasteiger partial charge on any atom is -0.472 e. The smallest absolute Gasteiger partial charge is 0.268 e. The van der Waals surface area contributed by atoms with Gasteiger partial charge in [-0.15, -0.1) is 0 Å². The summed E-state index contributed by atoms with van der Waals surface area (Å²) in [6.07, 6.45) is 2.49. The van der Waals surface area contributed by atoms with Crippen LogP contribution in [0.15, 0.2) is 47.3 Å². The molecular weight excluding hydrogens is 276 g/mol. The lowest BCUT2D eigenvalue weighted by Crippen LogP contribution is -2.61. The quantitative estimate of drug-likeness (QED) is 0.425. The van der Waals surface area contributed by atoms with E-state index in [-0.39, 0.29) is 16.7 Å². The summed E-state index contributed by atoms with van der Waals surface area (Å²) in [6.45, 7) is 0. The molecule has 0 saturated heterocycles. The van der Waals surface area contributed by atoms with Crippen LogP contribution < -0.4 is 10.9 Å². The highest BCUT2D eigenvalue weighted by Gasteiger charge is 2.52. The Kier molecular flexibility index (Phi) is 2.93. The van der Waals surface area contributed by atoms with Gasteiger partial charge in [0.15, 0.2) is 0 Å². The first-order valence-corrected chi connectivity index (χ1v) is 6.05. The van der Waals surface area contributed by atoms with Crippen molar-refractivity contribution in [3.8, 4) is 0 Å². The van der Waals surface area contributed by atoms with Gasteiger partial charge >= 0.3 is 0 Å². The van der Waals surface area contributed by atoms with Crippen LogP contribution in [0.1, 0.15) is 31.1 Å². The maximum Gasteiger partial charge on any atom is 0.268 e. The van der Waals surface area contributed by atoms with E-state index < -0.39 is 23.2 Å². The first kappa shape index (κ1) is 13.2. The number of furan rings is 1. The molecule has 0 aliphatic heterocycles. The fraction of sp³-hybridized carbons (Fsp3) is 0.0714. The number of Topliss-reactive ketones (excluding diaryl/α,β-unsaturated/α-hetero) is 2. The number of hydrazine groups is 1. The molecule has 0 radical (unpaired) electrons. The molecule has 1 heterocycles. The lowest BCUT2D eigenvalue weighted by atomic mass is 10.1. The largest absolute Gasteiger partial charge is 0.472 e. The van der Waals surface area contributed by atoms with Gasteiger partial charge in [-0.2, -0.15) is 5.43 Å². The molecular formula is C14H10N2O5. The number of carbonyl (C=O) groups is 3. The van der Waals surface area contributed by atoms with E-state index >= 15 is 0 Å². The van der Waals surface area contributed by atoms with Crippen molar-refractivity contribution in [1.29, 1.82) is 0 Å². The monoisotopic (exact) mass is 286 g/mol. The van der Waals surface area contributed by atoms with Crippen LogP contribution in [0, 0.1) is 0 Å². The summed E-state index contributed by atoms with van der Waals surface area (Å²) in [4.78, 5) is 36.0. The number of nitrogens with one attached hydrogen (secondary N) is 2. The van der Waals surface area contributed by atoms with Crippen molar-refractivity contribution in [3.63, 3.8) is 0 Å². The van der Waals surface area contributed by atoms with Gasteiger partial charge in [-0.3, -0.25) is 19.8 Å². The second-order valence-corrected chi connectivity index (χ2v) is 4.51. The summed E-state index contributed by atoms with van der Waals surface area (Å²) in [7, 11) is 0. The van der Waals surface area contributed by atoms with E-state index in [9.17, 15) is 19.5 Å². The highest BCUT2D eigenvalue weighted by molar-refractivity contribution is 6.31. The van der Waals surface area contributed by atoms with Gasteiger partial charge < -0.3 is 9.52 Å². The molecule has 7 heteroatoms. The van der Waals surface area contributed by atoms with Crippen molar-refractivity contribution in [3.05, 3.63) is 59.5 Å². The third-order valence-corrected chi connectivity index (χ3v) is 3.21. The number of fused-ring (bicyclic) bond motifs is 1.